The third kappa shape index (κ3) is 5.41. The second-order valence-corrected chi connectivity index (χ2v) is 8.53. The first-order valence-electron chi connectivity index (χ1n) is 10.8. The lowest BCUT2D eigenvalue weighted by Crippen LogP contribution is -2.30. The second kappa shape index (κ2) is 10.6. The molecule has 0 unspecified atom stereocenters. The van der Waals surface area contributed by atoms with Crippen molar-refractivity contribution in [3.05, 3.63) is 35.7 Å². The molecule has 0 atom stereocenters. The topological polar surface area (TPSA) is 80.1 Å². The lowest BCUT2D eigenvalue weighted by atomic mass is 9.95. The molecule has 1 fully saturated rings. The van der Waals surface area contributed by atoms with Crippen LogP contribution in [-0.4, -0.2) is 50.3 Å². The number of rotatable bonds is 8. The van der Waals surface area contributed by atoms with Gasteiger partial charge in [0, 0.05) is 30.4 Å². The first kappa shape index (κ1) is 22.3. The van der Waals surface area contributed by atoms with Gasteiger partial charge in [-0.3, -0.25) is 9.59 Å². The predicted molar refractivity (Wildman–Crippen MR) is 120 cm³/mol. The second-order valence-electron chi connectivity index (χ2n) is 7.58. The number of nitrogens with zero attached hydrogens (tertiary/aromatic N) is 4. The Kier molecular flexibility index (Phi) is 7.90. The quantitative estimate of drug-likeness (QED) is 0.633. The van der Waals surface area contributed by atoms with Gasteiger partial charge in [-0.25, -0.2) is 0 Å². The maximum Gasteiger partial charge on any atom is 0.253 e. The molecule has 0 radical (unpaired) electrons. The highest BCUT2D eigenvalue weighted by Crippen LogP contribution is 2.32. The van der Waals surface area contributed by atoms with E-state index in [1.165, 1.54) is 31.0 Å². The Morgan fingerprint density at radius 3 is 2.40 bits per heavy atom. The van der Waals surface area contributed by atoms with Crippen molar-refractivity contribution in [3.8, 4) is 0 Å². The molecule has 0 spiro atoms. The number of anilines is 1. The first-order valence-corrected chi connectivity index (χ1v) is 11.8. The lowest BCUT2D eigenvalue weighted by Gasteiger charge is -2.24. The van der Waals surface area contributed by atoms with Crippen LogP contribution in [0.4, 0.5) is 5.69 Å². The van der Waals surface area contributed by atoms with E-state index in [0.717, 1.165) is 23.8 Å². The van der Waals surface area contributed by atoms with E-state index in [9.17, 15) is 9.59 Å². The van der Waals surface area contributed by atoms with Crippen LogP contribution in [0.1, 0.15) is 68.2 Å². The van der Waals surface area contributed by atoms with Gasteiger partial charge in [0.1, 0.15) is 5.82 Å². The fourth-order valence-corrected chi connectivity index (χ4v) is 4.78. The Morgan fingerprint density at radius 2 is 1.77 bits per heavy atom. The van der Waals surface area contributed by atoms with Gasteiger partial charge in [-0.15, -0.1) is 10.2 Å². The molecule has 2 amide bonds. The van der Waals surface area contributed by atoms with E-state index in [2.05, 4.69) is 20.1 Å². The van der Waals surface area contributed by atoms with Gasteiger partial charge in [0.15, 0.2) is 5.16 Å². The van der Waals surface area contributed by atoms with Gasteiger partial charge in [-0.2, -0.15) is 0 Å². The summed E-state index contributed by atoms with van der Waals surface area (Å²) in [6.45, 7) is 7.26. The number of hydrogen-bond acceptors (Lipinski definition) is 5. The van der Waals surface area contributed by atoms with E-state index in [-0.39, 0.29) is 17.6 Å². The summed E-state index contributed by atoms with van der Waals surface area (Å²) in [7, 11) is 0. The fraction of sp³-hybridized carbons (Fsp3) is 0.545. The molecule has 30 heavy (non-hydrogen) atoms. The average Bonchev–Trinajstić information content (AvgIpc) is 3.14. The van der Waals surface area contributed by atoms with Gasteiger partial charge in [0.05, 0.1) is 5.75 Å². The van der Waals surface area contributed by atoms with Gasteiger partial charge >= 0.3 is 0 Å². The number of carbonyl (C=O) groups excluding carboxylic acids is 2. The zero-order valence-corrected chi connectivity index (χ0v) is 18.9. The van der Waals surface area contributed by atoms with Crippen molar-refractivity contribution < 1.29 is 9.59 Å². The van der Waals surface area contributed by atoms with Crippen LogP contribution in [0.25, 0.3) is 0 Å². The molecule has 1 heterocycles. The number of thioether (sulfide) groups is 1. The summed E-state index contributed by atoms with van der Waals surface area (Å²) in [5, 5.41) is 12.2. The molecule has 1 aliphatic carbocycles. The molecule has 1 aromatic heterocycles. The molecular formula is C22H31N5O2S. The normalized spacial score (nSPS) is 14.5. The monoisotopic (exact) mass is 429 g/mol. The number of hydrogen-bond donors (Lipinski definition) is 1. The number of aromatic nitrogens is 3. The molecule has 1 aliphatic rings. The van der Waals surface area contributed by atoms with Crippen LogP contribution >= 0.6 is 11.8 Å². The molecule has 1 saturated carbocycles. The van der Waals surface area contributed by atoms with E-state index in [0.29, 0.717) is 30.4 Å². The summed E-state index contributed by atoms with van der Waals surface area (Å²) < 4.78 is 2.20. The highest BCUT2D eigenvalue weighted by Gasteiger charge is 2.22. The van der Waals surface area contributed by atoms with Crippen LogP contribution in [0.2, 0.25) is 0 Å². The largest absolute Gasteiger partial charge is 0.339 e. The van der Waals surface area contributed by atoms with E-state index < -0.39 is 0 Å². The summed E-state index contributed by atoms with van der Waals surface area (Å²) >= 11 is 1.42. The fourth-order valence-electron chi connectivity index (χ4n) is 3.92. The van der Waals surface area contributed by atoms with Crippen molar-refractivity contribution in [2.45, 2.75) is 64.1 Å². The molecule has 0 bridgehead atoms. The van der Waals surface area contributed by atoms with Gasteiger partial charge in [0.2, 0.25) is 5.91 Å². The Balaban J connectivity index is 1.56. The van der Waals surface area contributed by atoms with E-state index in [1.807, 2.05) is 20.8 Å². The van der Waals surface area contributed by atoms with Crippen LogP contribution in [0.3, 0.4) is 0 Å². The highest BCUT2D eigenvalue weighted by atomic mass is 32.2. The van der Waals surface area contributed by atoms with Gasteiger partial charge < -0.3 is 14.8 Å². The molecule has 2 aromatic rings. The number of aryl methyl sites for hydroxylation is 1. The summed E-state index contributed by atoms with van der Waals surface area (Å²) in [5.74, 6) is 1.09. The Bertz CT molecular complexity index is 855. The summed E-state index contributed by atoms with van der Waals surface area (Å²) in [4.78, 5) is 26.6. The van der Waals surface area contributed by atoms with Crippen molar-refractivity contribution in [1.29, 1.82) is 0 Å². The van der Waals surface area contributed by atoms with Crippen molar-refractivity contribution in [1.82, 2.24) is 19.7 Å². The first-order chi connectivity index (χ1) is 14.5. The molecule has 3 rings (SSSR count). The SMILES string of the molecule is CCN(CC)C(=O)c1ccc(NC(=O)CSc2nnc(C)n2C2CCCCC2)cc1. The molecule has 0 saturated heterocycles. The van der Waals surface area contributed by atoms with Crippen LogP contribution in [0, 0.1) is 6.92 Å². The molecular weight excluding hydrogens is 398 g/mol. The van der Waals surface area contributed by atoms with Crippen molar-refractivity contribution in [3.63, 3.8) is 0 Å². The molecule has 8 heteroatoms. The van der Waals surface area contributed by atoms with Crippen LogP contribution in [-0.2, 0) is 4.79 Å². The van der Waals surface area contributed by atoms with E-state index in [1.54, 1.807) is 29.2 Å². The van der Waals surface area contributed by atoms with Crippen LogP contribution in [0.15, 0.2) is 29.4 Å². The molecule has 1 aromatic carbocycles. The molecule has 7 nitrogen and oxygen atoms in total. The minimum atomic E-state index is -0.0985. The van der Waals surface area contributed by atoms with Crippen molar-refractivity contribution in [2.24, 2.45) is 0 Å². The third-order valence-corrected chi connectivity index (χ3v) is 6.52. The minimum Gasteiger partial charge on any atom is -0.339 e. The third-order valence-electron chi connectivity index (χ3n) is 5.57. The average molecular weight is 430 g/mol. The zero-order chi connectivity index (χ0) is 21.5. The number of carbonyl (C=O) groups is 2. The van der Waals surface area contributed by atoms with Gasteiger partial charge in [-0.1, -0.05) is 31.0 Å². The Labute approximate surface area is 182 Å². The van der Waals surface area contributed by atoms with Crippen molar-refractivity contribution in [2.75, 3.05) is 24.2 Å². The maximum absolute atomic E-state index is 12.4. The van der Waals surface area contributed by atoms with Gasteiger partial charge in [-0.05, 0) is 57.9 Å². The number of nitrogens with one attached hydrogen (secondary N) is 1. The zero-order valence-electron chi connectivity index (χ0n) is 18.1. The van der Waals surface area contributed by atoms with Crippen molar-refractivity contribution >= 4 is 29.3 Å². The van der Waals surface area contributed by atoms with E-state index in [4.69, 9.17) is 0 Å². The van der Waals surface area contributed by atoms with Gasteiger partial charge in [0.25, 0.3) is 5.91 Å². The molecule has 1 N–H and O–H groups in total. The lowest BCUT2D eigenvalue weighted by molar-refractivity contribution is -0.113. The highest BCUT2D eigenvalue weighted by molar-refractivity contribution is 7.99. The smallest absolute Gasteiger partial charge is 0.253 e. The Hall–Kier alpha value is -2.35. The summed E-state index contributed by atoms with van der Waals surface area (Å²) in [6, 6.07) is 7.50. The van der Waals surface area contributed by atoms with Crippen LogP contribution < -0.4 is 5.32 Å². The summed E-state index contributed by atoms with van der Waals surface area (Å²) in [6.07, 6.45) is 6.07. The predicted octanol–water partition coefficient (Wildman–Crippen LogP) is 4.30. The van der Waals surface area contributed by atoms with Crippen LogP contribution in [0.5, 0.6) is 0 Å². The maximum atomic E-state index is 12.4. The number of amides is 2. The minimum absolute atomic E-state index is 0.00542. The number of benzene rings is 1. The molecule has 162 valence electrons. The Morgan fingerprint density at radius 1 is 1.10 bits per heavy atom. The van der Waals surface area contributed by atoms with E-state index >= 15 is 0 Å². The molecule has 0 aliphatic heterocycles. The summed E-state index contributed by atoms with van der Waals surface area (Å²) in [5.41, 5.74) is 1.31. The standard InChI is InChI=1S/C22H31N5O2S/c1-4-26(5-2)21(29)17-11-13-18(14-12-17)23-20(28)15-30-22-25-24-16(3)27(22)19-9-7-6-8-10-19/h11-14,19H,4-10,15H2,1-3H3,(H,23,28).